The number of imidazole rings is 1. The largest absolute Gasteiger partial charge is 0.506 e. The standard InChI is InChI=1S/C15H18N4O3/c1-2-19-5-4-17-14(19)13-12(3-6-22-13)18-15(21)10-7-11(20)9-16-8-10/h4-5,7-9,12-13,20H,2-3,6H2,1H3,(H,18,21)/t12-,13-/m0/s1. The van der Waals surface area contributed by atoms with Crippen molar-refractivity contribution in [2.75, 3.05) is 6.61 Å². The normalized spacial score (nSPS) is 21.0. The molecule has 1 aliphatic rings. The highest BCUT2D eigenvalue weighted by Gasteiger charge is 2.34. The highest BCUT2D eigenvalue weighted by Crippen LogP contribution is 2.28. The van der Waals surface area contributed by atoms with Crippen LogP contribution in [-0.4, -0.2) is 38.2 Å². The van der Waals surface area contributed by atoms with E-state index in [-0.39, 0.29) is 23.8 Å². The number of rotatable bonds is 4. The van der Waals surface area contributed by atoms with Crippen molar-refractivity contribution in [1.82, 2.24) is 19.9 Å². The molecule has 0 aromatic carbocycles. The van der Waals surface area contributed by atoms with Gasteiger partial charge >= 0.3 is 0 Å². The maximum Gasteiger partial charge on any atom is 0.253 e. The molecule has 2 aromatic heterocycles. The Morgan fingerprint density at radius 2 is 2.41 bits per heavy atom. The SMILES string of the molecule is CCn1ccnc1[C@H]1OCC[C@@H]1NC(=O)c1cncc(O)c1. The summed E-state index contributed by atoms with van der Waals surface area (Å²) >= 11 is 0. The predicted octanol–water partition coefficient (Wildman–Crippen LogP) is 1.26. The summed E-state index contributed by atoms with van der Waals surface area (Å²) in [5, 5.41) is 12.4. The number of pyridine rings is 1. The number of carbonyl (C=O) groups excluding carboxylic acids is 1. The number of aryl methyl sites for hydroxylation is 1. The van der Waals surface area contributed by atoms with Crippen LogP contribution in [0.15, 0.2) is 30.9 Å². The first kappa shape index (κ1) is 14.5. The van der Waals surface area contributed by atoms with Gasteiger partial charge in [0.2, 0.25) is 0 Å². The summed E-state index contributed by atoms with van der Waals surface area (Å²) in [6.45, 7) is 3.41. The van der Waals surface area contributed by atoms with Crippen molar-refractivity contribution >= 4 is 5.91 Å². The molecule has 7 heteroatoms. The number of amides is 1. The molecule has 1 amide bonds. The fourth-order valence-corrected chi connectivity index (χ4v) is 2.64. The minimum Gasteiger partial charge on any atom is -0.506 e. The summed E-state index contributed by atoms with van der Waals surface area (Å²) in [6, 6.07) is 1.24. The second kappa shape index (κ2) is 6.15. The topological polar surface area (TPSA) is 89.3 Å². The zero-order valence-corrected chi connectivity index (χ0v) is 12.3. The molecular formula is C15H18N4O3. The minimum atomic E-state index is -0.279. The number of nitrogens with zero attached hydrogens (tertiary/aromatic N) is 3. The Bertz CT molecular complexity index is 670. The second-order valence-electron chi connectivity index (χ2n) is 5.16. The van der Waals surface area contributed by atoms with Crippen molar-refractivity contribution < 1.29 is 14.6 Å². The number of carbonyl (C=O) groups is 1. The van der Waals surface area contributed by atoms with Gasteiger partial charge in [-0.3, -0.25) is 9.78 Å². The molecule has 0 bridgehead atoms. The first-order valence-electron chi connectivity index (χ1n) is 7.26. The fourth-order valence-electron chi connectivity index (χ4n) is 2.64. The minimum absolute atomic E-state index is 0.0339. The molecule has 2 aromatic rings. The smallest absolute Gasteiger partial charge is 0.253 e. The van der Waals surface area contributed by atoms with E-state index in [2.05, 4.69) is 15.3 Å². The van der Waals surface area contributed by atoms with Crippen LogP contribution < -0.4 is 5.32 Å². The molecule has 2 N–H and O–H groups in total. The quantitative estimate of drug-likeness (QED) is 0.887. The first-order valence-corrected chi connectivity index (χ1v) is 7.26. The maximum absolute atomic E-state index is 12.3. The van der Waals surface area contributed by atoms with Crippen LogP contribution in [0.2, 0.25) is 0 Å². The van der Waals surface area contributed by atoms with Crippen LogP contribution in [0.4, 0.5) is 0 Å². The zero-order valence-electron chi connectivity index (χ0n) is 12.3. The van der Waals surface area contributed by atoms with Gasteiger partial charge in [0, 0.05) is 31.7 Å². The average molecular weight is 302 g/mol. The molecular weight excluding hydrogens is 284 g/mol. The first-order chi connectivity index (χ1) is 10.7. The van der Waals surface area contributed by atoms with Gasteiger partial charge < -0.3 is 19.7 Å². The number of hydrogen-bond donors (Lipinski definition) is 2. The highest BCUT2D eigenvalue weighted by molar-refractivity contribution is 5.94. The van der Waals surface area contributed by atoms with Gasteiger partial charge in [0.1, 0.15) is 17.7 Å². The third-order valence-electron chi connectivity index (χ3n) is 3.74. The van der Waals surface area contributed by atoms with Crippen molar-refractivity contribution in [3.63, 3.8) is 0 Å². The lowest BCUT2D eigenvalue weighted by molar-refractivity contribution is 0.0775. The fraction of sp³-hybridized carbons (Fsp3) is 0.400. The molecule has 0 unspecified atom stereocenters. The van der Waals surface area contributed by atoms with Crippen LogP contribution in [0.5, 0.6) is 5.75 Å². The van der Waals surface area contributed by atoms with Gasteiger partial charge in [-0.15, -0.1) is 0 Å². The van der Waals surface area contributed by atoms with Gasteiger partial charge in [-0.05, 0) is 19.4 Å². The number of aromatic nitrogens is 3. The molecule has 0 radical (unpaired) electrons. The third-order valence-corrected chi connectivity index (χ3v) is 3.74. The summed E-state index contributed by atoms with van der Waals surface area (Å²) < 4.78 is 7.75. The summed E-state index contributed by atoms with van der Waals surface area (Å²) in [5.41, 5.74) is 0.324. The van der Waals surface area contributed by atoms with Gasteiger partial charge in [-0.1, -0.05) is 0 Å². The van der Waals surface area contributed by atoms with E-state index in [1.54, 1.807) is 6.20 Å². The Labute approximate surface area is 128 Å². The van der Waals surface area contributed by atoms with E-state index in [1.807, 2.05) is 17.7 Å². The van der Waals surface area contributed by atoms with E-state index < -0.39 is 0 Å². The Balaban J connectivity index is 1.75. The van der Waals surface area contributed by atoms with Crippen LogP contribution in [-0.2, 0) is 11.3 Å². The Hall–Kier alpha value is -2.41. The molecule has 2 atom stereocenters. The van der Waals surface area contributed by atoms with Gasteiger partial charge in [0.25, 0.3) is 5.91 Å². The van der Waals surface area contributed by atoms with Crippen LogP contribution in [0.1, 0.15) is 35.6 Å². The van der Waals surface area contributed by atoms with Crippen LogP contribution in [0.3, 0.4) is 0 Å². The van der Waals surface area contributed by atoms with Crippen LogP contribution in [0.25, 0.3) is 0 Å². The molecule has 7 nitrogen and oxygen atoms in total. The van der Waals surface area contributed by atoms with Gasteiger partial charge in [0.05, 0.1) is 17.8 Å². The molecule has 22 heavy (non-hydrogen) atoms. The highest BCUT2D eigenvalue weighted by atomic mass is 16.5. The number of nitrogens with one attached hydrogen (secondary N) is 1. The van der Waals surface area contributed by atoms with Crippen molar-refractivity contribution in [1.29, 1.82) is 0 Å². The van der Waals surface area contributed by atoms with Crippen LogP contribution in [0, 0.1) is 0 Å². The van der Waals surface area contributed by atoms with Crippen molar-refractivity contribution in [3.8, 4) is 5.75 Å². The molecule has 1 aliphatic heterocycles. The molecule has 0 aliphatic carbocycles. The lowest BCUT2D eigenvalue weighted by atomic mass is 10.1. The summed E-state index contributed by atoms with van der Waals surface area (Å²) in [5.74, 6) is 0.506. The van der Waals surface area contributed by atoms with Gasteiger partial charge in [-0.25, -0.2) is 4.98 Å². The van der Waals surface area contributed by atoms with E-state index >= 15 is 0 Å². The number of aromatic hydroxyl groups is 1. The molecule has 0 spiro atoms. The van der Waals surface area contributed by atoms with E-state index in [4.69, 9.17) is 4.74 Å². The predicted molar refractivity (Wildman–Crippen MR) is 78.4 cm³/mol. The molecule has 116 valence electrons. The summed E-state index contributed by atoms with van der Waals surface area (Å²) in [4.78, 5) is 20.4. The van der Waals surface area contributed by atoms with Crippen molar-refractivity contribution in [2.45, 2.75) is 32.0 Å². The van der Waals surface area contributed by atoms with E-state index in [1.165, 1.54) is 18.5 Å². The second-order valence-corrected chi connectivity index (χ2v) is 5.16. The van der Waals surface area contributed by atoms with Crippen LogP contribution >= 0.6 is 0 Å². The maximum atomic E-state index is 12.3. The zero-order chi connectivity index (χ0) is 15.5. The van der Waals surface area contributed by atoms with Gasteiger partial charge in [-0.2, -0.15) is 0 Å². The molecule has 0 saturated carbocycles. The molecule has 3 rings (SSSR count). The molecule has 1 fully saturated rings. The lowest BCUT2D eigenvalue weighted by Crippen LogP contribution is -2.37. The summed E-state index contributed by atoms with van der Waals surface area (Å²) in [6.07, 6.45) is 6.81. The lowest BCUT2D eigenvalue weighted by Gasteiger charge is -2.20. The molecule has 1 saturated heterocycles. The van der Waals surface area contributed by atoms with E-state index in [0.29, 0.717) is 12.2 Å². The summed E-state index contributed by atoms with van der Waals surface area (Å²) in [7, 11) is 0. The third kappa shape index (κ3) is 2.80. The Morgan fingerprint density at radius 3 is 3.18 bits per heavy atom. The Kier molecular flexibility index (Phi) is 4.06. The van der Waals surface area contributed by atoms with Crippen molar-refractivity contribution in [2.24, 2.45) is 0 Å². The Morgan fingerprint density at radius 1 is 1.55 bits per heavy atom. The van der Waals surface area contributed by atoms with E-state index in [9.17, 15) is 9.90 Å². The molecule has 3 heterocycles. The van der Waals surface area contributed by atoms with E-state index in [0.717, 1.165) is 18.8 Å². The monoisotopic (exact) mass is 302 g/mol. The average Bonchev–Trinajstić information content (AvgIpc) is 3.15. The number of ether oxygens (including phenoxy) is 1. The number of hydrogen-bond acceptors (Lipinski definition) is 5. The van der Waals surface area contributed by atoms with Gasteiger partial charge in [0.15, 0.2) is 0 Å². The van der Waals surface area contributed by atoms with Crippen molar-refractivity contribution in [3.05, 3.63) is 42.2 Å².